The minimum Gasteiger partial charge on any atom is -0.494 e. The Balaban J connectivity index is 2.06. The lowest BCUT2D eigenvalue weighted by atomic mass is 10.1. The molecule has 0 saturated heterocycles. The average molecular weight is 367 g/mol. The van der Waals surface area contributed by atoms with Gasteiger partial charge >= 0.3 is 0 Å². The van der Waals surface area contributed by atoms with Crippen molar-refractivity contribution < 1.29 is 17.7 Å². The van der Waals surface area contributed by atoms with Gasteiger partial charge in [-0.05, 0) is 36.8 Å². The van der Waals surface area contributed by atoms with Gasteiger partial charge in [-0.15, -0.1) is 0 Å². The molecule has 8 heteroatoms. The van der Waals surface area contributed by atoms with Crippen molar-refractivity contribution >= 4 is 38.3 Å². The molecule has 3 aromatic rings. The molecule has 0 saturated carbocycles. The number of benzene rings is 2. The highest BCUT2D eigenvalue weighted by molar-refractivity contribution is 7.92. The van der Waals surface area contributed by atoms with Gasteiger partial charge in [-0.25, -0.2) is 8.42 Å². The average Bonchev–Trinajstić information content (AvgIpc) is 2.96. The van der Waals surface area contributed by atoms with Crippen molar-refractivity contribution in [3.8, 4) is 5.75 Å². The topological polar surface area (TPSA) is 81.4 Å². The van der Waals surface area contributed by atoms with Gasteiger partial charge in [-0.2, -0.15) is 0 Å². The zero-order chi connectivity index (χ0) is 17.3. The van der Waals surface area contributed by atoms with E-state index in [0.717, 1.165) is 11.1 Å². The number of nitrogens with zero attached hydrogens (tertiary/aromatic N) is 1. The first-order chi connectivity index (χ1) is 11.4. The molecule has 0 unspecified atom stereocenters. The number of rotatable bonds is 5. The highest BCUT2D eigenvalue weighted by atomic mass is 35.5. The lowest BCUT2D eigenvalue weighted by Crippen LogP contribution is -2.13. The van der Waals surface area contributed by atoms with E-state index in [2.05, 4.69) is 9.88 Å². The Morgan fingerprint density at radius 3 is 2.58 bits per heavy atom. The van der Waals surface area contributed by atoms with Crippen LogP contribution in [0.3, 0.4) is 0 Å². The van der Waals surface area contributed by atoms with Crippen molar-refractivity contribution in [3.63, 3.8) is 0 Å². The molecule has 6 nitrogen and oxygen atoms in total. The second kappa shape index (κ2) is 6.33. The third-order valence-electron chi connectivity index (χ3n) is 3.57. The number of anilines is 1. The largest absolute Gasteiger partial charge is 0.494 e. The summed E-state index contributed by atoms with van der Waals surface area (Å²) < 4.78 is 38.2. The quantitative estimate of drug-likeness (QED) is 0.741. The molecule has 0 bridgehead atoms. The van der Waals surface area contributed by atoms with Gasteiger partial charge in [0.25, 0.3) is 10.0 Å². The molecule has 0 amide bonds. The summed E-state index contributed by atoms with van der Waals surface area (Å²) in [6, 6.07) is 9.19. The van der Waals surface area contributed by atoms with Crippen molar-refractivity contribution in [2.24, 2.45) is 0 Å². The van der Waals surface area contributed by atoms with E-state index in [1.165, 1.54) is 31.4 Å². The van der Waals surface area contributed by atoms with Crippen molar-refractivity contribution in [3.05, 3.63) is 47.1 Å². The van der Waals surface area contributed by atoms with Crippen LogP contribution in [0.5, 0.6) is 5.75 Å². The third kappa shape index (κ3) is 3.05. The molecule has 1 N–H and O–H groups in total. The second-order valence-electron chi connectivity index (χ2n) is 5.09. The second-order valence-corrected chi connectivity index (χ2v) is 7.21. The molecule has 2 aromatic carbocycles. The summed E-state index contributed by atoms with van der Waals surface area (Å²) in [5, 5.41) is 5.18. The van der Waals surface area contributed by atoms with Crippen LogP contribution in [-0.2, 0) is 16.4 Å². The summed E-state index contributed by atoms with van der Waals surface area (Å²) in [6.45, 7) is 1.94. The van der Waals surface area contributed by atoms with Crippen LogP contribution in [0.15, 0.2) is 45.8 Å². The first-order valence-electron chi connectivity index (χ1n) is 7.19. The molecule has 24 heavy (non-hydrogen) atoms. The van der Waals surface area contributed by atoms with Gasteiger partial charge in [0.1, 0.15) is 5.75 Å². The number of nitrogens with one attached hydrogen (secondary N) is 1. The molecular formula is C16H15ClN2O4S. The molecule has 3 rings (SSSR count). The summed E-state index contributed by atoms with van der Waals surface area (Å²) >= 11 is 5.80. The molecule has 126 valence electrons. The maximum absolute atomic E-state index is 12.6. The Hall–Kier alpha value is -2.25. The number of hydrogen-bond donors (Lipinski definition) is 1. The lowest BCUT2D eigenvalue weighted by molar-refractivity contribution is 0.413. The highest BCUT2D eigenvalue weighted by Gasteiger charge is 2.19. The molecule has 0 atom stereocenters. The van der Waals surface area contributed by atoms with E-state index >= 15 is 0 Å². The fourth-order valence-corrected chi connectivity index (χ4v) is 3.52. The van der Waals surface area contributed by atoms with E-state index < -0.39 is 10.0 Å². The first kappa shape index (κ1) is 16.6. The van der Waals surface area contributed by atoms with Crippen molar-refractivity contribution in [2.75, 3.05) is 11.8 Å². The fraction of sp³-hybridized carbons (Fsp3) is 0.188. The van der Waals surface area contributed by atoms with E-state index in [4.69, 9.17) is 20.9 Å². The maximum Gasteiger partial charge on any atom is 0.262 e. The van der Waals surface area contributed by atoms with Crippen molar-refractivity contribution in [1.29, 1.82) is 0 Å². The first-order valence-corrected chi connectivity index (χ1v) is 9.05. The maximum atomic E-state index is 12.6. The van der Waals surface area contributed by atoms with Crippen LogP contribution in [0, 0.1) is 0 Å². The monoisotopic (exact) mass is 366 g/mol. The predicted molar refractivity (Wildman–Crippen MR) is 92.2 cm³/mol. The van der Waals surface area contributed by atoms with Gasteiger partial charge in [-0.1, -0.05) is 23.7 Å². The number of ether oxygens (including phenoxy) is 1. The minimum atomic E-state index is -3.77. The van der Waals surface area contributed by atoms with Crippen LogP contribution in [0.1, 0.15) is 12.6 Å². The number of halogens is 1. The Morgan fingerprint density at radius 1 is 1.25 bits per heavy atom. The van der Waals surface area contributed by atoms with Gasteiger partial charge in [0.15, 0.2) is 5.58 Å². The lowest BCUT2D eigenvalue weighted by Gasteiger charge is -2.12. The summed E-state index contributed by atoms with van der Waals surface area (Å²) in [6.07, 6.45) is 0.669. The standard InChI is InChI=1S/C16H15ClN2O4S/c1-3-13-12-8-14(16(22-2)9-15(12)23-18-13)19-24(20,21)11-6-4-10(17)5-7-11/h4-9,19H,3H2,1-2H3. The smallest absolute Gasteiger partial charge is 0.262 e. The Morgan fingerprint density at radius 2 is 1.96 bits per heavy atom. The third-order valence-corrected chi connectivity index (χ3v) is 5.20. The van der Waals surface area contributed by atoms with E-state index in [1.54, 1.807) is 12.1 Å². The zero-order valence-electron chi connectivity index (χ0n) is 13.0. The number of aromatic nitrogens is 1. The Kier molecular flexibility index (Phi) is 4.38. The van der Waals surface area contributed by atoms with Crippen LogP contribution < -0.4 is 9.46 Å². The fourth-order valence-electron chi connectivity index (χ4n) is 2.34. The van der Waals surface area contributed by atoms with Crippen LogP contribution >= 0.6 is 11.6 Å². The van der Waals surface area contributed by atoms with Crippen LogP contribution in [0.25, 0.3) is 11.0 Å². The van der Waals surface area contributed by atoms with Crippen LogP contribution in [0.2, 0.25) is 5.02 Å². The van der Waals surface area contributed by atoms with Crippen LogP contribution in [0.4, 0.5) is 5.69 Å². The van der Waals surface area contributed by atoms with Crippen molar-refractivity contribution in [1.82, 2.24) is 5.16 Å². The Labute approximate surface area is 144 Å². The normalized spacial score (nSPS) is 11.6. The van der Waals surface area contributed by atoms with Gasteiger partial charge in [0.2, 0.25) is 0 Å². The van der Waals surface area contributed by atoms with Gasteiger partial charge in [-0.3, -0.25) is 4.72 Å². The minimum absolute atomic E-state index is 0.107. The highest BCUT2D eigenvalue weighted by Crippen LogP contribution is 2.33. The Bertz CT molecular complexity index is 981. The molecule has 0 radical (unpaired) electrons. The number of aryl methyl sites for hydroxylation is 1. The summed E-state index contributed by atoms with van der Waals surface area (Å²) in [5.74, 6) is 0.346. The van der Waals surface area contributed by atoms with Gasteiger partial charge in [0, 0.05) is 16.5 Å². The van der Waals surface area contributed by atoms with Gasteiger partial charge < -0.3 is 9.26 Å². The summed E-state index contributed by atoms with van der Waals surface area (Å²) in [4.78, 5) is 0.107. The number of methoxy groups -OCH3 is 1. The van der Waals surface area contributed by atoms with Crippen LogP contribution in [-0.4, -0.2) is 20.7 Å². The molecule has 0 aliphatic carbocycles. The SMILES string of the molecule is CCc1noc2cc(OC)c(NS(=O)(=O)c3ccc(Cl)cc3)cc12. The molecule has 1 aromatic heterocycles. The van der Waals surface area contributed by atoms with Crippen molar-refractivity contribution in [2.45, 2.75) is 18.2 Å². The molecule has 1 heterocycles. The van der Waals surface area contributed by atoms with E-state index in [9.17, 15) is 8.42 Å². The van der Waals surface area contributed by atoms with E-state index in [0.29, 0.717) is 28.5 Å². The number of fused-ring (bicyclic) bond motifs is 1. The zero-order valence-corrected chi connectivity index (χ0v) is 14.6. The summed E-state index contributed by atoms with van der Waals surface area (Å²) in [7, 11) is -2.32. The number of hydrogen-bond acceptors (Lipinski definition) is 5. The molecular weight excluding hydrogens is 352 g/mol. The van der Waals surface area contributed by atoms with Gasteiger partial charge in [0.05, 0.1) is 23.4 Å². The number of sulfonamides is 1. The molecule has 0 aliphatic heterocycles. The summed E-state index contributed by atoms with van der Waals surface area (Å²) in [5.41, 5.74) is 1.61. The molecule has 0 aliphatic rings. The van der Waals surface area contributed by atoms with E-state index in [-0.39, 0.29) is 4.90 Å². The van der Waals surface area contributed by atoms with E-state index in [1.807, 2.05) is 6.92 Å². The predicted octanol–water partition coefficient (Wildman–Crippen LogP) is 3.85. The molecule has 0 spiro atoms. The molecule has 0 fully saturated rings.